The molecule has 0 spiro atoms. The third kappa shape index (κ3) is 2.26. The highest BCUT2D eigenvalue weighted by atomic mass is 15.3. The summed E-state index contributed by atoms with van der Waals surface area (Å²) in [5.74, 6) is 0.989. The Morgan fingerprint density at radius 2 is 2.33 bits per heavy atom. The molecule has 1 aromatic heterocycles. The minimum Gasteiger partial charge on any atom is -0.369 e. The van der Waals surface area contributed by atoms with Crippen molar-refractivity contribution < 1.29 is 0 Å². The van der Waals surface area contributed by atoms with E-state index in [9.17, 15) is 0 Å². The third-order valence-corrected chi connectivity index (χ3v) is 1.95. The van der Waals surface area contributed by atoms with Crippen LogP contribution in [0.25, 0.3) is 0 Å². The van der Waals surface area contributed by atoms with Crippen LogP contribution in [-0.4, -0.2) is 16.3 Å². The first kappa shape index (κ1) is 9.10. The lowest BCUT2D eigenvalue weighted by Crippen LogP contribution is -2.01. The average molecular weight is 167 g/mol. The van der Waals surface area contributed by atoms with E-state index in [0.29, 0.717) is 0 Å². The fraction of sp³-hybridized carbons (Fsp3) is 0.667. The van der Waals surface area contributed by atoms with E-state index in [1.54, 1.807) is 0 Å². The van der Waals surface area contributed by atoms with Crippen molar-refractivity contribution in [1.29, 1.82) is 0 Å². The van der Waals surface area contributed by atoms with Crippen LogP contribution in [0.5, 0.6) is 0 Å². The Labute approximate surface area is 73.8 Å². The lowest BCUT2D eigenvalue weighted by atomic mass is 10.3. The zero-order valence-electron chi connectivity index (χ0n) is 8.09. The van der Waals surface area contributed by atoms with E-state index in [0.717, 1.165) is 12.4 Å². The van der Waals surface area contributed by atoms with E-state index in [1.807, 2.05) is 11.7 Å². The lowest BCUT2D eigenvalue weighted by molar-refractivity contribution is 0.738. The molecule has 0 amide bonds. The first-order valence-corrected chi connectivity index (χ1v) is 4.48. The summed E-state index contributed by atoms with van der Waals surface area (Å²) in [6.07, 6.45) is 2.43. The van der Waals surface area contributed by atoms with Crippen LogP contribution in [0.2, 0.25) is 0 Å². The van der Waals surface area contributed by atoms with Gasteiger partial charge in [0, 0.05) is 25.4 Å². The lowest BCUT2D eigenvalue weighted by Gasteiger charge is -1.99. The maximum absolute atomic E-state index is 4.29. The van der Waals surface area contributed by atoms with Crippen molar-refractivity contribution in [3.8, 4) is 0 Å². The molecule has 12 heavy (non-hydrogen) atoms. The topological polar surface area (TPSA) is 29.9 Å². The largest absolute Gasteiger partial charge is 0.369 e. The van der Waals surface area contributed by atoms with E-state index in [1.165, 1.54) is 18.5 Å². The Hall–Kier alpha value is -0.990. The summed E-state index contributed by atoms with van der Waals surface area (Å²) in [6, 6.07) is 2.07. The normalized spacial score (nSPS) is 10.2. The second-order valence-electron chi connectivity index (χ2n) is 3.07. The van der Waals surface area contributed by atoms with Gasteiger partial charge in [-0.05, 0) is 13.3 Å². The van der Waals surface area contributed by atoms with E-state index >= 15 is 0 Å². The first-order chi connectivity index (χ1) is 5.74. The second kappa shape index (κ2) is 4.14. The molecular weight excluding hydrogens is 150 g/mol. The molecule has 1 heterocycles. The molecular formula is C9H17N3. The number of hydrogen-bond donors (Lipinski definition) is 1. The number of rotatable bonds is 4. The van der Waals surface area contributed by atoms with Gasteiger partial charge in [-0.2, -0.15) is 5.10 Å². The van der Waals surface area contributed by atoms with Crippen molar-refractivity contribution in [3.63, 3.8) is 0 Å². The van der Waals surface area contributed by atoms with Crippen molar-refractivity contribution in [2.24, 2.45) is 7.05 Å². The van der Waals surface area contributed by atoms with E-state index in [-0.39, 0.29) is 0 Å². The molecule has 0 saturated carbocycles. The predicted molar refractivity (Wildman–Crippen MR) is 51.3 cm³/mol. The Morgan fingerprint density at radius 1 is 1.58 bits per heavy atom. The van der Waals surface area contributed by atoms with Crippen LogP contribution >= 0.6 is 0 Å². The smallest absolute Gasteiger partial charge is 0.148 e. The van der Waals surface area contributed by atoms with Crippen LogP contribution in [-0.2, 0) is 7.05 Å². The van der Waals surface area contributed by atoms with Gasteiger partial charge in [0.25, 0.3) is 0 Å². The van der Waals surface area contributed by atoms with Crippen LogP contribution in [0.3, 0.4) is 0 Å². The van der Waals surface area contributed by atoms with E-state index in [4.69, 9.17) is 0 Å². The highest BCUT2D eigenvalue weighted by molar-refractivity contribution is 5.35. The zero-order chi connectivity index (χ0) is 8.97. The monoisotopic (exact) mass is 167 g/mol. The van der Waals surface area contributed by atoms with Crippen molar-refractivity contribution >= 4 is 5.82 Å². The highest BCUT2D eigenvalue weighted by Gasteiger charge is 1.98. The molecule has 0 aliphatic rings. The van der Waals surface area contributed by atoms with Gasteiger partial charge in [-0.15, -0.1) is 0 Å². The number of nitrogens with one attached hydrogen (secondary N) is 1. The summed E-state index contributed by atoms with van der Waals surface area (Å²) in [4.78, 5) is 0. The molecule has 0 radical (unpaired) electrons. The highest BCUT2D eigenvalue weighted by Crippen LogP contribution is 2.06. The standard InChI is InChI=1S/C9H17N3/c1-4-5-6-10-9-7-8(2)12(3)11-9/h7H,4-6H2,1-3H3,(H,10,11). The van der Waals surface area contributed by atoms with Crippen LogP contribution in [0.1, 0.15) is 25.5 Å². The van der Waals surface area contributed by atoms with Gasteiger partial charge in [-0.3, -0.25) is 4.68 Å². The van der Waals surface area contributed by atoms with Gasteiger partial charge in [-0.1, -0.05) is 13.3 Å². The number of aromatic nitrogens is 2. The minimum absolute atomic E-state index is 0.989. The van der Waals surface area contributed by atoms with Crippen molar-refractivity contribution in [2.75, 3.05) is 11.9 Å². The van der Waals surface area contributed by atoms with Gasteiger partial charge in [0.1, 0.15) is 5.82 Å². The summed E-state index contributed by atoms with van der Waals surface area (Å²) in [7, 11) is 1.96. The SMILES string of the molecule is CCCCNc1cc(C)n(C)n1. The summed E-state index contributed by atoms with van der Waals surface area (Å²) in [6.45, 7) is 5.26. The summed E-state index contributed by atoms with van der Waals surface area (Å²) < 4.78 is 1.88. The summed E-state index contributed by atoms with van der Waals surface area (Å²) in [5, 5.41) is 7.56. The number of nitrogens with zero attached hydrogens (tertiary/aromatic N) is 2. The fourth-order valence-electron chi connectivity index (χ4n) is 1.04. The number of aryl methyl sites for hydroxylation is 2. The molecule has 3 heteroatoms. The molecule has 0 saturated heterocycles. The maximum atomic E-state index is 4.29. The minimum atomic E-state index is 0.989. The molecule has 0 unspecified atom stereocenters. The van der Waals surface area contributed by atoms with E-state index in [2.05, 4.69) is 30.3 Å². The maximum Gasteiger partial charge on any atom is 0.148 e. The molecule has 68 valence electrons. The van der Waals surface area contributed by atoms with Gasteiger partial charge < -0.3 is 5.32 Å². The van der Waals surface area contributed by atoms with Gasteiger partial charge in [0.15, 0.2) is 0 Å². The molecule has 3 nitrogen and oxygen atoms in total. The van der Waals surface area contributed by atoms with Crippen LogP contribution in [0.15, 0.2) is 6.07 Å². The van der Waals surface area contributed by atoms with Gasteiger partial charge >= 0.3 is 0 Å². The number of anilines is 1. The van der Waals surface area contributed by atoms with Crippen molar-refractivity contribution in [3.05, 3.63) is 11.8 Å². The Bertz CT molecular complexity index is 220. The Kier molecular flexibility index (Phi) is 3.14. The molecule has 0 bridgehead atoms. The Morgan fingerprint density at radius 3 is 2.83 bits per heavy atom. The number of unbranched alkanes of at least 4 members (excludes halogenated alkanes) is 1. The molecule has 1 N–H and O–H groups in total. The van der Waals surface area contributed by atoms with Gasteiger partial charge in [-0.25, -0.2) is 0 Å². The van der Waals surface area contributed by atoms with Crippen LogP contribution < -0.4 is 5.32 Å². The molecule has 1 aromatic rings. The second-order valence-corrected chi connectivity index (χ2v) is 3.07. The average Bonchev–Trinajstić information content (AvgIpc) is 2.32. The van der Waals surface area contributed by atoms with Crippen LogP contribution in [0.4, 0.5) is 5.82 Å². The fourth-order valence-corrected chi connectivity index (χ4v) is 1.04. The quantitative estimate of drug-likeness (QED) is 0.694. The van der Waals surface area contributed by atoms with Crippen LogP contribution in [0, 0.1) is 6.92 Å². The molecule has 1 rings (SSSR count). The van der Waals surface area contributed by atoms with Crippen molar-refractivity contribution in [1.82, 2.24) is 9.78 Å². The zero-order valence-corrected chi connectivity index (χ0v) is 8.09. The van der Waals surface area contributed by atoms with Crippen molar-refractivity contribution in [2.45, 2.75) is 26.7 Å². The molecule has 0 fully saturated rings. The summed E-state index contributed by atoms with van der Waals surface area (Å²) >= 11 is 0. The molecule has 0 atom stereocenters. The van der Waals surface area contributed by atoms with Gasteiger partial charge in [0.05, 0.1) is 0 Å². The third-order valence-electron chi connectivity index (χ3n) is 1.95. The summed E-state index contributed by atoms with van der Waals surface area (Å²) in [5.41, 5.74) is 1.19. The Balaban J connectivity index is 2.42. The first-order valence-electron chi connectivity index (χ1n) is 4.48. The van der Waals surface area contributed by atoms with E-state index < -0.39 is 0 Å². The molecule has 0 aliphatic carbocycles. The predicted octanol–water partition coefficient (Wildman–Crippen LogP) is 1.94. The molecule has 0 aromatic carbocycles. The number of hydrogen-bond acceptors (Lipinski definition) is 2. The van der Waals surface area contributed by atoms with Gasteiger partial charge in [0.2, 0.25) is 0 Å². The molecule has 0 aliphatic heterocycles.